The van der Waals surface area contributed by atoms with E-state index < -0.39 is 24.6 Å². The minimum atomic E-state index is -1.54. The molecule has 1 aliphatic carbocycles. The van der Waals surface area contributed by atoms with Gasteiger partial charge < -0.3 is 9.47 Å². The van der Waals surface area contributed by atoms with Gasteiger partial charge in [0.05, 0.1) is 12.2 Å². The molecular formula is C14H26F2O2. The first-order valence-electron chi connectivity index (χ1n) is 7.22. The van der Waals surface area contributed by atoms with E-state index in [1.165, 1.54) is 0 Å². The third-order valence-corrected chi connectivity index (χ3v) is 3.37. The molecule has 0 heterocycles. The van der Waals surface area contributed by atoms with Gasteiger partial charge in [0.25, 0.3) is 0 Å². The van der Waals surface area contributed by atoms with Gasteiger partial charge in [-0.05, 0) is 25.7 Å². The normalized spacial score (nSPS) is 32.7. The molecule has 0 amide bonds. The molecule has 0 aromatic heterocycles. The SMILES string of the molecule is CCCCCOC1CCC(OCCC)C(F)C1F. The Morgan fingerprint density at radius 2 is 1.39 bits per heavy atom. The molecule has 0 spiro atoms. The van der Waals surface area contributed by atoms with Crippen LogP contribution in [-0.2, 0) is 9.47 Å². The second-order valence-electron chi connectivity index (χ2n) is 4.99. The third kappa shape index (κ3) is 4.81. The summed E-state index contributed by atoms with van der Waals surface area (Å²) >= 11 is 0. The van der Waals surface area contributed by atoms with Crippen LogP contribution in [0.4, 0.5) is 8.78 Å². The fourth-order valence-electron chi connectivity index (χ4n) is 2.26. The van der Waals surface area contributed by atoms with Crippen molar-refractivity contribution in [1.29, 1.82) is 0 Å². The molecule has 1 rings (SSSR count). The van der Waals surface area contributed by atoms with Crippen molar-refractivity contribution in [1.82, 2.24) is 0 Å². The van der Waals surface area contributed by atoms with Crippen LogP contribution in [0.1, 0.15) is 52.4 Å². The van der Waals surface area contributed by atoms with Crippen LogP contribution in [0, 0.1) is 0 Å². The summed E-state index contributed by atoms with van der Waals surface area (Å²) in [4.78, 5) is 0. The first-order valence-corrected chi connectivity index (χ1v) is 7.22. The van der Waals surface area contributed by atoms with Crippen LogP contribution in [0.25, 0.3) is 0 Å². The van der Waals surface area contributed by atoms with Crippen LogP contribution >= 0.6 is 0 Å². The summed E-state index contributed by atoms with van der Waals surface area (Å²) in [5, 5.41) is 0. The van der Waals surface area contributed by atoms with Gasteiger partial charge in [0.1, 0.15) is 0 Å². The van der Waals surface area contributed by atoms with Crippen LogP contribution < -0.4 is 0 Å². The van der Waals surface area contributed by atoms with E-state index in [-0.39, 0.29) is 0 Å². The Balaban J connectivity index is 2.28. The van der Waals surface area contributed by atoms with Crippen molar-refractivity contribution in [2.75, 3.05) is 13.2 Å². The van der Waals surface area contributed by atoms with Gasteiger partial charge in [-0.15, -0.1) is 0 Å². The molecule has 4 atom stereocenters. The minimum Gasteiger partial charge on any atom is -0.375 e. The van der Waals surface area contributed by atoms with Crippen molar-refractivity contribution in [3.63, 3.8) is 0 Å². The standard InChI is InChI=1S/C14H26F2O2/c1-3-5-6-10-18-12-8-7-11(17-9-4-2)13(15)14(12)16/h11-14H,3-10H2,1-2H3. The fourth-order valence-corrected chi connectivity index (χ4v) is 2.26. The molecule has 4 unspecified atom stereocenters. The Kier molecular flexibility index (Phi) is 7.75. The lowest BCUT2D eigenvalue weighted by atomic mass is 9.91. The second-order valence-corrected chi connectivity index (χ2v) is 4.99. The fraction of sp³-hybridized carbons (Fsp3) is 1.00. The molecule has 4 heteroatoms. The maximum absolute atomic E-state index is 13.8. The first-order chi connectivity index (χ1) is 8.70. The largest absolute Gasteiger partial charge is 0.375 e. The molecule has 108 valence electrons. The molecular weight excluding hydrogens is 238 g/mol. The summed E-state index contributed by atoms with van der Waals surface area (Å²) < 4.78 is 38.4. The molecule has 1 aliphatic rings. The highest BCUT2D eigenvalue weighted by Gasteiger charge is 2.41. The number of rotatable bonds is 8. The van der Waals surface area contributed by atoms with Gasteiger partial charge in [-0.3, -0.25) is 0 Å². The Morgan fingerprint density at radius 3 is 1.89 bits per heavy atom. The Bertz CT molecular complexity index is 214. The molecule has 0 aromatic carbocycles. The zero-order chi connectivity index (χ0) is 13.4. The summed E-state index contributed by atoms with van der Waals surface area (Å²) in [6.45, 7) is 5.10. The summed E-state index contributed by atoms with van der Waals surface area (Å²) in [7, 11) is 0. The molecule has 0 aliphatic heterocycles. The van der Waals surface area contributed by atoms with Crippen molar-refractivity contribution < 1.29 is 18.3 Å². The molecule has 0 aromatic rings. The number of hydrogen-bond acceptors (Lipinski definition) is 2. The van der Waals surface area contributed by atoms with E-state index in [2.05, 4.69) is 6.92 Å². The number of alkyl halides is 2. The summed E-state index contributed by atoms with van der Waals surface area (Å²) in [5.41, 5.74) is 0. The van der Waals surface area contributed by atoms with E-state index in [0.717, 1.165) is 25.7 Å². The van der Waals surface area contributed by atoms with Crippen molar-refractivity contribution in [3.05, 3.63) is 0 Å². The van der Waals surface area contributed by atoms with Crippen LogP contribution in [0.3, 0.4) is 0 Å². The van der Waals surface area contributed by atoms with Crippen molar-refractivity contribution in [2.24, 2.45) is 0 Å². The monoisotopic (exact) mass is 264 g/mol. The lowest BCUT2D eigenvalue weighted by Gasteiger charge is -2.34. The smallest absolute Gasteiger partial charge is 0.160 e. The van der Waals surface area contributed by atoms with E-state index in [4.69, 9.17) is 9.47 Å². The zero-order valence-electron chi connectivity index (χ0n) is 11.5. The predicted octanol–water partition coefficient (Wildman–Crippen LogP) is 3.83. The van der Waals surface area contributed by atoms with Gasteiger partial charge >= 0.3 is 0 Å². The van der Waals surface area contributed by atoms with E-state index in [1.807, 2.05) is 6.92 Å². The molecule has 2 nitrogen and oxygen atoms in total. The Morgan fingerprint density at radius 1 is 0.833 bits per heavy atom. The minimum absolute atomic E-state index is 0.500. The van der Waals surface area contributed by atoms with Crippen LogP contribution in [0.2, 0.25) is 0 Å². The zero-order valence-corrected chi connectivity index (χ0v) is 11.5. The van der Waals surface area contributed by atoms with Crippen LogP contribution in [0.15, 0.2) is 0 Å². The van der Waals surface area contributed by atoms with Gasteiger partial charge in [-0.25, -0.2) is 8.78 Å². The Labute approximate surface area is 109 Å². The van der Waals surface area contributed by atoms with E-state index in [9.17, 15) is 8.78 Å². The lowest BCUT2D eigenvalue weighted by Crippen LogP contribution is -2.46. The summed E-state index contributed by atoms with van der Waals surface area (Å²) in [6.07, 6.45) is 0.792. The van der Waals surface area contributed by atoms with Crippen molar-refractivity contribution >= 4 is 0 Å². The molecule has 1 fully saturated rings. The molecule has 0 saturated heterocycles. The lowest BCUT2D eigenvalue weighted by molar-refractivity contribution is -0.117. The van der Waals surface area contributed by atoms with Gasteiger partial charge in [-0.1, -0.05) is 26.7 Å². The quantitative estimate of drug-likeness (QED) is 0.620. The summed E-state index contributed by atoms with van der Waals surface area (Å²) in [6, 6.07) is 0. The highest BCUT2D eigenvalue weighted by Crippen LogP contribution is 2.29. The second kappa shape index (κ2) is 8.81. The average molecular weight is 264 g/mol. The molecule has 0 N–H and O–H groups in total. The highest BCUT2D eigenvalue weighted by molar-refractivity contribution is 4.89. The topological polar surface area (TPSA) is 18.5 Å². The molecule has 18 heavy (non-hydrogen) atoms. The molecule has 0 radical (unpaired) electrons. The molecule has 1 saturated carbocycles. The number of ether oxygens (including phenoxy) is 2. The van der Waals surface area contributed by atoms with E-state index >= 15 is 0 Å². The van der Waals surface area contributed by atoms with Crippen LogP contribution in [0.5, 0.6) is 0 Å². The third-order valence-electron chi connectivity index (χ3n) is 3.37. The average Bonchev–Trinajstić information content (AvgIpc) is 2.38. The van der Waals surface area contributed by atoms with Gasteiger partial charge in [-0.2, -0.15) is 0 Å². The maximum atomic E-state index is 13.8. The predicted molar refractivity (Wildman–Crippen MR) is 68.3 cm³/mol. The first kappa shape index (κ1) is 15.8. The van der Waals surface area contributed by atoms with Crippen molar-refractivity contribution in [3.8, 4) is 0 Å². The number of halogens is 2. The Hall–Kier alpha value is -0.220. The number of unbranched alkanes of at least 4 members (excludes halogenated alkanes) is 2. The van der Waals surface area contributed by atoms with Gasteiger partial charge in [0.2, 0.25) is 0 Å². The summed E-state index contributed by atoms with van der Waals surface area (Å²) in [5.74, 6) is 0. The van der Waals surface area contributed by atoms with Gasteiger partial charge in [0.15, 0.2) is 12.3 Å². The maximum Gasteiger partial charge on any atom is 0.160 e. The highest BCUT2D eigenvalue weighted by atomic mass is 19.2. The molecule has 0 bridgehead atoms. The van der Waals surface area contributed by atoms with Crippen LogP contribution in [-0.4, -0.2) is 37.8 Å². The van der Waals surface area contributed by atoms with Gasteiger partial charge in [0, 0.05) is 13.2 Å². The van der Waals surface area contributed by atoms with E-state index in [0.29, 0.717) is 26.1 Å². The van der Waals surface area contributed by atoms with E-state index in [1.54, 1.807) is 0 Å². The number of hydrogen-bond donors (Lipinski definition) is 0. The van der Waals surface area contributed by atoms with Crippen molar-refractivity contribution in [2.45, 2.75) is 76.9 Å².